The van der Waals surface area contributed by atoms with Gasteiger partial charge in [-0.15, -0.1) is 0 Å². The van der Waals surface area contributed by atoms with Crippen molar-refractivity contribution in [1.82, 2.24) is 4.90 Å². The quantitative estimate of drug-likeness (QED) is 0.502. The fourth-order valence-electron chi connectivity index (χ4n) is 1.58. The van der Waals surface area contributed by atoms with E-state index in [0.29, 0.717) is 5.92 Å². The summed E-state index contributed by atoms with van der Waals surface area (Å²) in [6.45, 7) is 5.02. The van der Waals surface area contributed by atoms with E-state index in [9.17, 15) is 4.79 Å². The van der Waals surface area contributed by atoms with Crippen molar-refractivity contribution in [2.24, 2.45) is 5.92 Å². The van der Waals surface area contributed by atoms with E-state index >= 15 is 0 Å². The fraction of sp³-hybridized carbons (Fsp3) is 0.700. The van der Waals surface area contributed by atoms with Crippen molar-refractivity contribution < 1.29 is 14.6 Å². The van der Waals surface area contributed by atoms with E-state index in [4.69, 9.17) is 9.78 Å². The van der Waals surface area contributed by atoms with Gasteiger partial charge in [0.1, 0.15) is 0 Å². The Labute approximate surface area is 83.4 Å². The molecule has 0 aromatic carbocycles. The minimum Gasteiger partial charge on any atom is -0.308 e. The van der Waals surface area contributed by atoms with Crippen LogP contribution in [0.5, 0.6) is 0 Å². The van der Waals surface area contributed by atoms with Crippen molar-refractivity contribution >= 4 is 5.91 Å². The van der Waals surface area contributed by atoms with Gasteiger partial charge in [-0.2, -0.15) is 0 Å². The van der Waals surface area contributed by atoms with Gasteiger partial charge in [0.2, 0.25) is 0 Å². The summed E-state index contributed by atoms with van der Waals surface area (Å²) in [5, 5.41) is 0. The first kappa shape index (κ1) is 9.68. The first-order valence-electron chi connectivity index (χ1n) is 4.99. The highest BCUT2D eigenvalue weighted by Gasteiger charge is 2.39. The van der Waals surface area contributed by atoms with Crippen molar-refractivity contribution in [3.8, 4) is 0 Å². The molecule has 1 fully saturated rings. The molecule has 0 aromatic heterocycles. The molecule has 0 radical (unpaired) electrons. The lowest BCUT2D eigenvalue weighted by Crippen LogP contribution is -2.54. The van der Waals surface area contributed by atoms with E-state index in [1.54, 1.807) is 11.0 Å². The minimum atomic E-state index is -0.521. The Bertz CT molecular complexity index is 262. The summed E-state index contributed by atoms with van der Waals surface area (Å²) >= 11 is 0. The molecule has 0 saturated carbocycles. The molecular weight excluding hydrogens is 182 g/mol. The van der Waals surface area contributed by atoms with Gasteiger partial charge in [-0.25, -0.2) is 9.78 Å². The highest BCUT2D eigenvalue weighted by Crippen LogP contribution is 2.23. The van der Waals surface area contributed by atoms with E-state index < -0.39 is 6.10 Å². The van der Waals surface area contributed by atoms with Crippen molar-refractivity contribution in [1.29, 1.82) is 0 Å². The standard InChI is InChI=1S/C10H15NO3/c1-7(2)5-6-11-9-4-3-8(10(11)12)13-14-9/h3-4,7-9H,5-6H2,1-2H3. The summed E-state index contributed by atoms with van der Waals surface area (Å²) in [6, 6.07) is 0. The van der Waals surface area contributed by atoms with Crippen molar-refractivity contribution in [2.45, 2.75) is 32.6 Å². The molecule has 4 heteroatoms. The third-order valence-corrected chi connectivity index (χ3v) is 2.49. The highest BCUT2D eigenvalue weighted by molar-refractivity contribution is 5.84. The maximum atomic E-state index is 11.7. The monoisotopic (exact) mass is 197 g/mol. The molecule has 3 aliphatic heterocycles. The summed E-state index contributed by atoms with van der Waals surface area (Å²) < 4.78 is 0. The Morgan fingerprint density at radius 2 is 2.21 bits per heavy atom. The van der Waals surface area contributed by atoms with Crippen LogP contribution in [0, 0.1) is 5.92 Å². The van der Waals surface area contributed by atoms with E-state index in [0.717, 1.165) is 13.0 Å². The van der Waals surface area contributed by atoms with Crippen LogP contribution in [0.2, 0.25) is 0 Å². The Morgan fingerprint density at radius 1 is 1.43 bits per heavy atom. The van der Waals surface area contributed by atoms with Crippen LogP contribution in [0.4, 0.5) is 0 Å². The molecule has 4 nitrogen and oxygen atoms in total. The van der Waals surface area contributed by atoms with Gasteiger partial charge in [0.25, 0.3) is 5.91 Å². The van der Waals surface area contributed by atoms with Crippen LogP contribution in [-0.4, -0.2) is 29.7 Å². The van der Waals surface area contributed by atoms with Gasteiger partial charge >= 0.3 is 0 Å². The molecule has 3 heterocycles. The van der Waals surface area contributed by atoms with Crippen molar-refractivity contribution in [3.63, 3.8) is 0 Å². The molecule has 1 saturated heterocycles. The Kier molecular flexibility index (Phi) is 2.56. The summed E-state index contributed by atoms with van der Waals surface area (Å²) in [5.74, 6) is 0.609. The Morgan fingerprint density at radius 3 is 2.71 bits per heavy atom. The largest absolute Gasteiger partial charge is 0.308 e. The zero-order chi connectivity index (χ0) is 10.1. The molecule has 3 aliphatic rings. The van der Waals surface area contributed by atoms with Crippen LogP contribution >= 0.6 is 0 Å². The van der Waals surface area contributed by atoms with Gasteiger partial charge in [-0.05, 0) is 24.5 Å². The number of carbonyl (C=O) groups is 1. The number of fused-ring (bicyclic) bond motifs is 2. The van der Waals surface area contributed by atoms with Gasteiger partial charge in [0.15, 0.2) is 12.3 Å². The fourth-order valence-corrected chi connectivity index (χ4v) is 1.58. The lowest BCUT2D eigenvalue weighted by atomic mass is 10.1. The number of nitrogens with zero attached hydrogens (tertiary/aromatic N) is 1. The van der Waals surface area contributed by atoms with E-state index in [1.165, 1.54) is 0 Å². The van der Waals surface area contributed by atoms with Crippen molar-refractivity contribution in [2.75, 3.05) is 6.54 Å². The molecule has 0 N–H and O–H groups in total. The predicted molar refractivity (Wildman–Crippen MR) is 50.1 cm³/mol. The average Bonchev–Trinajstić information content (AvgIpc) is 2.18. The molecule has 3 rings (SSSR count). The number of carbonyl (C=O) groups excluding carboxylic acids is 1. The van der Waals surface area contributed by atoms with E-state index in [1.807, 2.05) is 6.08 Å². The van der Waals surface area contributed by atoms with Gasteiger partial charge in [0.05, 0.1) is 0 Å². The maximum Gasteiger partial charge on any atom is 0.261 e. The molecule has 1 amide bonds. The number of hydrogen-bond donors (Lipinski definition) is 0. The first-order chi connectivity index (χ1) is 6.68. The second-order valence-electron chi connectivity index (χ2n) is 4.10. The van der Waals surface area contributed by atoms with Crippen LogP contribution in [0.3, 0.4) is 0 Å². The zero-order valence-electron chi connectivity index (χ0n) is 8.47. The van der Waals surface area contributed by atoms with E-state index in [2.05, 4.69) is 13.8 Å². The van der Waals surface area contributed by atoms with Crippen LogP contribution in [-0.2, 0) is 14.6 Å². The highest BCUT2D eigenvalue weighted by atomic mass is 17.2. The SMILES string of the molecule is CC(C)CCN1C(=O)C2C=CC1OO2. The van der Waals surface area contributed by atoms with Crippen LogP contribution in [0.1, 0.15) is 20.3 Å². The van der Waals surface area contributed by atoms with Gasteiger partial charge < -0.3 is 4.90 Å². The lowest BCUT2D eigenvalue weighted by molar-refractivity contribution is -0.375. The first-order valence-corrected chi connectivity index (χ1v) is 4.99. The number of rotatable bonds is 3. The number of amides is 1. The van der Waals surface area contributed by atoms with Crippen molar-refractivity contribution in [3.05, 3.63) is 12.2 Å². The van der Waals surface area contributed by atoms with E-state index in [-0.39, 0.29) is 12.1 Å². The zero-order valence-corrected chi connectivity index (χ0v) is 8.47. The Hall–Kier alpha value is -0.870. The predicted octanol–water partition coefficient (Wildman–Crippen LogP) is 1.09. The molecule has 0 aromatic rings. The lowest BCUT2D eigenvalue weighted by Gasteiger charge is -2.39. The summed E-state index contributed by atoms with van der Waals surface area (Å²) in [6.07, 6.45) is 3.78. The summed E-state index contributed by atoms with van der Waals surface area (Å²) in [7, 11) is 0. The molecule has 2 unspecified atom stereocenters. The Balaban J connectivity index is 1.99. The third-order valence-electron chi connectivity index (χ3n) is 2.49. The minimum absolute atomic E-state index is 0.0180. The normalized spacial score (nSPS) is 30.5. The molecule has 2 bridgehead atoms. The van der Waals surface area contributed by atoms with Crippen LogP contribution < -0.4 is 0 Å². The van der Waals surface area contributed by atoms with Crippen LogP contribution in [0.25, 0.3) is 0 Å². The summed E-state index contributed by atoms with van der Waals surface area (Å²) in [5.41, 5.74) is 0. The molecular formula is C10H15NO3. The maximum absolute atomic E-state index is 11.7. The van der Waals surface area contributed by atoms with Gasteiger partial charge in [0, 0.05) is 6.54 Å². The topological polar surface area (TPSA) is 38.8 Å². The molecule has 14 heavy (non-hydrogen) atoms. The third kappa shape index (κ3) is 1.67. The van der Waals surface area contributed by atoms with Crippen LogP contribution in [0.15, 0.2) is 12.2 Å². The smallest absolute Gasteiger partial charge is 0.261 e. The average molecular weight is 197 g/mol. The second kappa shape index (κ2) is 3.71. The molecule has 0 aliphatic carbocycles. The van der Waals surface area contributed by atoms with Gasteiger partial charge in [-0.1, -0.05) is 13.8 Å². The van der Waals surface area contributed by atoms with Gasteiger partial charge in [-0.3, -0.25) is 4.79 Å². The second-order valence-corrected chi connectivity index (χ2v) is 4.10. The molecule has 0 spiro atoms. The number of hydrogen-bond acceptors (Lipinski definition) is 3. The molecule has 2 atom stereocenters. The summed E-state index contributed by atoms with van der Waals surface area (Å²) in [4.78, 5) is 23.3. The molecule has 78 valence electrons.